The Morgan fingerprint density at radius 3 is 2.40 bits per heavy atom. The van der Waals surface area contributed by atoms with Crippen molar-refractivity contribution in [1.82, 2.24) is 5.32 Å². The SMILES string of the molecule is O=C(CNC(=O)c1ccc2ccccc2c1)OCc1ccc(Cl)cc1. The van der Waals surface area contributed by atoms with Crippen molar-refractivity contribution in [2.24, 2.45) is 0 Å². The number of nitrogens with one attached hydrogen (secondary N) is 1. The summed E-state index contributed by atoms with van der Waals surface area (Å²) in [5.74, 6) is -0.807. The number of esters is 1. The van der Waals surface area contributed by atoms with Crippen LogP contribution in [0.25, 0.3) is 10.8 Å². The molecule has 3 rings (SSSR count). The molecule has 5 heteroatoms. The zero-order chi connectivity index (χ0) is 17.6. The number of hydrogen-bond acceptors (Lipinski definition) is 3. The number of amides is 1. The van der Waals surface area contributed by atoms with Gasteiger partial charge in [-0.25, -0.2) is 0 Å². The molecule has 0 heterocycles. The molecule has 0 aliphatic heterocycles. The van der Waals surface area contributed by atoms with Gasteiger partial charge in [0.15, 0.2) is 0 Å². The second-order valence-corrected chi connectivity index (χ2v) is 5.97. The zero-order valence-corrected chi connectivity index (χ0v) is 14.1. The van der Waals surface area contributed by atoms with E-state index in [0.717, 1.165) is 16.3 Å². The molecular weight excluding hydrogens is 338 g/mol. The summed E-state index contributed by atoms with van der Waals surface area (Å²) in [4.78, 5) is 23.9. The van der Waals surface area contributed by atoms with Crippen LogP contribution in [0.4, 0.5) is 0 Å². The standard InChI is InChI=1S/C20H16ClNO3/c21-18-9-5-14(6-10-18)13-25-19(23)12-22-20(24)17-8-7-15-3-1-2-4-16(15)11-17/h1-11H,12-13H2,(H,22,24). The van der Waals surface area contributed by atoms with Gasteiger partial charge in [-0.1, -0.05) is 54.1 Å². The van der Waals surface area contributed by atoms with E-state index in [9.17, 15) is 9.59 Å². The first kappa shape index (κ1) is 17.0. The Morgan fingerprint density at radius 1 is 0.920 bits per heavy atom. The Balaban J connectivity index is 1.52. The van der Waals surface area contributed by atoms with Crippen molar-refractivity contribution in [3.8, 4) is 0 Å². The molecule has 4 nitrogen and oxygen atoms in total. The van der Waals surface area contributed by atoms with Crippen molar-refractivity contribution in [1.29, 1.82) is 0 Å². The van der Waals surface area contributed by atoms with E-state index in [2.05, 4.69) is 5.32 Å². The number of rotatable bonds is 5. The third-order valence-corrected chi connectivity index (χ3v) is 3.97. The molecule has 0 atom stereocenters. The lowest BCUT2D eigenvalue weighted by molar-refractivity contribution is -0.143. The van der Waals surface area contributed by atoms with Gasteiger partial charge in [-0.15, -0.1) is 0 Å². The molecule has 3 aromatic rings. The third-order valence-electron chi connectivity index (χ3n) is 3.72. The molecule has 0 radical (unpaired) electrons. The summed E-state index contributed by atoms with van der Waals surface area (Å²) in [7, 11) is 0. The summed E-state index contributed by atoms with van der Waals surface area (Å²) < 4.78 is 5.13. The molecule has 0 aromatic heterocycles. The van der Waals surface area contributed by atoms with Gasteiger partial charge in [0.25, 0.3) is 5.91 Å². The Labute approximate surface area is 150 Å². The molecular formula is C20H16ClNO3. The van der Waals surface area contributed by atoms with Gasteiger partial charge in [-0.2, -0.15) is 0 Å². The summed E-state index contributed by atoms with van der Waals surface area (Å²) >= 11 is 5.80. The van der Waals surface area contributed by atoms with Gasteiger partial charge in [0.1, 0.15) is 13.2 Å². The molecule has 0 fully saturated rings. The van der Waals surface area contributed by atoms with Crippen LogP contribution in [0.15, 0.2) is 66.7 Å². The lowest BCUT2D eigenvalue weighted by Gasteiger charge is -2.07. The molecule has 25 heavy (non-hydrogen) atoms. The molecule has 0 bridgehead atoms. The summed E-state index contributed by atoms with van der Waals surface area (Å²) in [6, 6.07) is 20.2. The number of hydrogen-bond donors (Lipinski definition) is 1. The molecule has 126 valence electrons. The Kier molecular flexibility index (Phi) is 5.31. The van der Waals surface area contributed by atoms with Gasteiger partial charge < -0.3 is 10.1 Å². The average molecular weight is 354 g/mol. The van der Waals surface area contributed by atoms with E-state index in [-0.39, 0.29) is 19.1 Å². The van der Waals surface area contributed by atoms with Crippen LogP contribution in [0.1, 0.15) is 15.9 Å². The Bertz CT molecular complexity index is 906. The van der Waals surface area contributed by atoms with Gasteiger partial charge in [-0.3, -0.25) is 9.59 Å². The molecule has 1 N–H and O–H groups in total. The molecule has 0 spiro atoms. The van der Waals surface area contributed by atoms with E-state index in [1.54, 1.807) is 36.4 Å². The second-order valence-electron chi connectivity index (χ2n) is 5.53. The van der Waals surface area contributed by atoms with E-state index in [0.29, 0.717) is 10.6 Å². The average Bonchev–Trinajstić information content (AvgIpc) is 2.65. The minimum Gasteiger partial charge on any atom is -0.460 e. The number of carbonyl (C=O) groups excluding carboxylic acids is 2. The zero-order valence-electron chi connectivity index (χ0n) is 13.4. The number of halogens is 1. The van der Waals surface area contributed by atoms with Crippen molar-refractivity contribution in [3.63, 3.8) is 0 Å². The smallest absolute Gasteiger partial charge is 0.325 e. The van der Waals surface area contributed by atoms with Crippen molar-refractivity contribution in [3.05, 3.63) is 82.9 Å². The highest BCUT2D eigenvalue weighted by Crippen LogP contribution is 2.15. The van der Waals surface area contributed by atoms with E-state index in [1.165, 1.54) is 0 Å². The van der Waals surface area contributed by atoms with Crippen LogP contribution in [0.5, 0.6) is 0 Å². The van der Waals surface area contributed by atoms with Crippen LogP contribution < -0.4 is 5.32 Å². The van der Waals surface area contributed by atoms with Gasteiger partial charge in [0.05, 0.1) is 0 Å². The first-order valence-electron chi connectivity index (χ1n) is 7.79. The minimum absolute atomic E-state index is 0.141. The molecule has 1 amide bonds. The molecule has 0 saturated carbocycles. The van der Waals surface area contributed by atoms with Crippen molar-refractivity contribution in [2.45, 2.75) is 6.61 Å². The summed E-state index contributed by atoms with van der Waals surface area (Å²) in [5, 5.41) is 5.23. The van der Waals surface area contributed by atoms with E-state index in [4.69, 9.17) is 16.3 Å². The van der Waals surface area contributed by atoms with Crippen LogP contribution in [0.3, 0.4) is 0 Å². The van der Waals surface area contributed by atoms with Crippen LogP contribution >= 0.6 is 11.6 Å². The molecule has 3 aromatic carbocycles. The first-order valence-corrected chi connectivity index (χ1v) is 8.17. The molecule has 0 unspecified atom stereocenters. The fourth-order valence-electron chi connectivity index (χ4n) is 2.38. The summed E-state index contributed by atoms with van der Waals surface area (Å²) in [6.45, 7) is -0.0406. The number of fused-ring (bicyclic) bond motifs is 1. The van der Waals surface area contributed by atoms with Crippen molar-refractivity contribution >= 4 is 34.2 Å². The number of benzene rings is 3. The molecule has 0 saturated heterocycles. The lowest BCUT2D eigenvalue weighted by Crippen LogP contribution is -2.30. The highest BCUT2D eigenvalue weighted by atomic mass is 35.5. The van der Waals surface area contributed by atoms with E-state index >= 15 is 0 Å². The maximum atomic E-state index is 12.2. The highest BCUT2D eigenvalue weighted by molar-refractivity contribution is 6.30. The van der Waals surface area contributed by atoms with Gasteiger partial charge >= 0.3 is 5.97 Å². The normalized spacial score (nSPS) is 10.4. The van der Waals surface area contributed by atoms with Crippen molar-refractivity contribution < 1.29 is 14.3 Å². The number of carbonyl (C=O) groups is 2. The Hall–Kier alpha value is -2.85. The quantitative estimate of drug-likeness (QED) is 0.706. The monoisotopic (exact) mass is 353 g/mol. The summed E-state index contributed by atoms with van der Waals surface area (Å²) in [6.07, 6.45) is 0. The fraction of sp³-hybridized carbons (Fsp3) is 0.100. The van der Waals surface area contributed by atoms with E-state index in [1.807, 2.05) is 30.3 Å². The largest absolute Gasteiger partial charge is 0.460 e. The molecule has 0 aliphatic carbocycles. The second kappa shape index (κ2) is 7.81. The van der Waals surface area contributed by atoms with E-state index < -0.39 is 5.97 Å². The van der Waals surface area contributed by atoms with Crippen LogP contribution in [0.2, 0.25) is 5.02 Å². The van der Waals surface area contributed by atoms with Crippen molar-refractivity contribution in [2.75, 3.05) is 6.54 Å². The maximum Gasteiger partial charge on any atom is 0.325 e. The first-order chi connectivity index (χ1) is 12.1. The predicted octanol–water partition coefficient (Wildman–Crippen LogP) is 3.97. The maximum absolute atomic E-state index is 12.2. The van der Waals surface area contributed by atoms with Gasteiger partial charge in [-0.05, 0) is 40.6 Å². The lowest BCUT2D eigenvalue weighted by atomic mass is 10.1. The number of ether oxygens (including phenoxy) is 1. The fourth-order valence-corrected chi connectivity index (χ4v) is 2.51. The topological polar surface area (TPSA) is 55.4 Å². The molecule has 0 aliphatic rings. The third kappa shape index (κ3) is 4.58. The van der Waals surface area contributed by atoms with Crippen LogP contribution in [-0.2, 0) is 16.1 Å². The van der Waals surface area contributed by atoms with Crippen LogP contribution in [0, 0.1) is 0 Å². The minimum atomic E-state index is -0.496. The Morgan fingerprint density at radius 2 is 1.64 bits per heavy atom. The highest BCUT2D eigenvalue weighted by Gasteiger charge is 2.09. The van der Waals surface area contributed by atoms with Gasteiger partial charge in [0, 0.05) is 10.6 Å². The van der Waals surface area contributed by atoms with Gasteiger partial charge in [0.2, 0.25) is 0 Å². The van der Waals surface area contributed by atoms with Crippen LogP contribution in [-0.4, -0.2) is 18.4 Å². The summed E-state index contributed by atoms with van der Waals surface area (Å²) in [5.41, 5.74) is 1.34. The predicted molar refractivity (Wildman–Crippen MR) is 97.5 cm³/mol.